The first-order valence-corrected chi connectivity index (χ1v) is 6.52. The van der Waals surface area contributed by atoms with Gasteiger partial charge in [-0.05, 0) is 49.2 Å². The zero-order chi connectivity index (χ0) is 14.1. The van der Waals surface area contributed by atoms with Crippen LogP contribution in [0, 0.1) is 13.8 Å². The van der Waals surface area contributed by atoms with Gasteiger partial charge >= 0.3 is 0 Å². The maximum Gasteiger partial charge on any atom is 0.150 e. The number of nitrogens with zero attached hydrogens (tertiary/aromatic N) is 1. The van der Waals surface area contributed by atoms with E-state index in [1.807, 2.05) is 44.2 Å². The maximum absolute atomic E-state index is 6.20. The molecule has 0 aliphatic rings. The van der Waals surface area contributed by atoms with E-state index < -0.39 is 0 Å². The molecule has 0 saturated heterocycles. The van der Waals surface area contributed by atoms with Crippen molar-refractivity contribution in [3.63, 3.8) is 0 Å². The van der Waals surface area contributed by atoms with Gasteiger partial charge < -0.3 is 10.5 Å². The van der Waals surface area contributed by atoms with Gasteiger partial charge in [-0.3, -0.25) is 4.98 Å². The van der Waals surface area contributed by atoms with Crippen molar-refractivity contribution < 1.29 is 4.74 Å². The molecule has 0 fully saturated rings. The van der Waals surface area contributed by atoms with E-state index in [9.17, 15) is 0 Å². The fourth-order valence-electron chi connectivity index (χ4n) is 2.20. The lowest BCUT2D eigenvalue weighted by Gasteiger charge is -2.13. The van der Waals surface area contributed by atoms with Crippen molar-refractivity contribution in [1.82, 2.24) is 4.98 Å². The molecule has 3 nitrogen and oxygen atoms in total. The first kappa shape index (κ1) is 12.5. The van der Waals surface area contributed by atoms with Crippen molar-refractivity contribution in [2.45, 2.75) is 13.8 Å². The molecular weight excluding hydrogens is 248 g/mol. The number of benzene rings is 2. The second-order valence-electron chi connectivity index (χ2n) is 4.95. The van der Waals surface area contributed by atoms with Crippen LogP contribution in [0.4, 0.5) is 5.69 Å². The lowest BCUT2D eigenvalue weighted by molar-refractivity contribution is 0.481. The number of ether oxygens (including phenoxy) is 1. The van der Waals surface area contributed by atoms with Gasteiger partial charge in [-0.1, -0.05) is 12.1 Å². The summed E-state index contributed by atoms with van der Waals surface area (Å²) in [6.07, 6.45) is 3.54. The van der Waals surface area contributed by atoms with Gasteiger partial charge in [-0.25, -0.2) is 0 Å². The standard InChI is InChI=1S/C17H16N2O/c1-11-3-4-12(2)16(9-11)20-15-6-5-13-10-19-8-7-14(13)17(15)18/h3-10H,18H2,1-2H3. The van der Waals surface area contributed by atoms with Crippen LogP contribution in [0.1, 0.15) is 11.1 Å². The van der Waals surface area contributed by atoms with E-state index in [2.05, 4.69) is 11.1 Å². The Balaban J connectivity index is 2.07. The highest BCUT2D eigenvalue weighted by atomic mass is 16.5. The molecule has 3 aromatic rings. The van der Waals surface area contributed by atoms with Crippen molar-refractivity contribution in [3.8, 4) is 11.5 Å². The van der Waals surface area contributed by atoms with Crippen LogP contribution in [0.5, 0.6) is 11.5 Å². The predicted molar refractivity (Wildman–Crippen MR) is 82.1 cm³/mol. The van der Waals surface area contributed by atoms with E-state index >= 15 is 0 Å². The van der Waals surface area contributed by atoms with E-state index in [-0.39, 0.29) is 0 Å². The maximum atomic E-state index is 6.20. The first-order valence-electron chi connectivity index (χ1n) is 6.52. The van der Waals surface area contributed by atoms with Crippen molar-refractivity contribution in [1.29, 1.82) is 0 Å². The van der Waals surface area contributed by atoms with Crippen molar-refractivity contribution in [2.75, 3.05) is 5.73 Å². The summed E-state index contributed by atoms with van der Waals surface area (Å²) in [5.41, 5.74) is 9.10. The Morgan fingerprint density at radius 3 is 2.70 bits per heavy atom. The molecule has 0 saturated carbocycles. The summed E-state index contributed by atoms with van der Waals surface area (Å²) in [7, 11) is 0. The number of fused-ring (bicyclic) bond motifs is 1. The minimum absolute atomic E-state index is 0.644. The highest BCUT2D eigenvalue weighted by Crippen LogP contribution is 2.34. The van der Waals surface area contributed by atoms with E-state index in [0.29, 0.717) is 11.4 Å². The third-order valence-corrected chi connectivity index (χ3v) is 3.39. The van der Waals surface area contributed by atoms with Gasteiger partial charge in [0.05, 0.1) is 5.69 Å². The Hall–Kier alpha value is -2.55. The van der Waals surface area contributed by atoms with Crippen molar-refractivity contribution in [3.05, 3.63) is 59.9 Å². The number of aromatic nitrogens is 1. The molecule has 2 aromatic carbocycles. The smallest absolute Gasteiger partial charge is 0.150 e. The number of rotatable bonds is 2. The SMILES string of the molecule is Cc1ccc(C)c(Oc2ccc3cnccc3c2N)c1. The summed E-state index contributed by atoms with van der Waals surface area (Å²) in [5.74, 6) is 1.52. The second kappa shape index (κ2) is 4.85. The van der Waals surface area contributed by atoms with Crippen molar-refractivity contribution >= 4 is 16.5 Å². The van der Waals surface area contributed by atoms with E-state index in [1.54, 1.807) is 12.4 Å². The number of anilines is 1. The van der Waals surface area contributed by atoms with Gasteiger partial charge in [0.15, 0.2) is 5.75 Å². The quantitative estimate of drug-likeness (QED) is 0.705. The van der Waals surface area contributed by atoms with Crippen LogP contribution in [-0.2, 0) is 0 Å². The molecule has 0 bridgehead atoms. The molecule has 0 radical (unpaired) electrons. The lowest BCUT2D eigenvalue weighted by Crippen LogP contribution is -1.95. The lowest BCUT2D eigenvalue weighted by atomic mass is 10.1. The first-order chi connectivity index (χ1) is 9.65. The number of nitrogen functional groups attached to an aromatic ring is 1. The number of pyridine rings is 1. The van der Waals surface area contributed by atoms with Gasteiger partial charge in [-0.2, -0.15) is 0 Å². The zero-order valence-electron chi connectivity index (χ0n) is 11.6. The average Bonchev–Trinajstić information content (AvgIpc) is 2.46. The van der Waals surface area contributed by atoms with Crippen LogP contribution >= 0.6 is 0 Å². The highest BCUT2D eigenvalue weighted by molar-refractivity contribution is 5.95. The normalized spacial score (nSPS) is 10.7. The molecule has 3 heteroatoms. The molecule has 100 valence electrons. The monoisotopic (exact) mass is 264 g/mol. The molecule has 0 aliphatic heterocycles. The van der Waals surface area contributed by atoms with E-state index in [4.69, 9.17) is 10.5 Å². The summed E-state index contributed by atoms with van der Waals surface area (Å²) in [6, 6.07) is 11.9. The molecule has 2 N–H and O–H groups in total. The Labute approximate surface area is 118 Å². The molecular formula is C17H16N2O. The van der Waals surface area contributed by atoms with Gasteiger partial charge in [-0.15, -0.1) is 0 Å². The van der Waals surface area contributed by atoms with Crippen LogP contribution in [0.2, 0.25) is 0 Å². The van der Waals surface area contributed by atoms with E-state index in [0.717, 1.165) is 27.6 Å². The number of hydrogen-bond donors (Lipinski definition) is 1. The zero-order valence-corrected chi connectivity index (χ0v) is 11.6. The summed E-state index contributed by atoms with van der Waals surface area (Å²) < 4.78 is 5.98. The third kappa shape index (κ3) is 2.18. The van der Waals surface area contributed by atoms with Gasteiger partial charge in [0.25, 0.3) is 0 Å². The number of nitrogens with two attached hydrogens (primary N) is 1. The van der Waals surface area contributed by atoms with Crippen molar-refractivity contribution in [2.24, 2.45) is 0 Å². The topological polar surface area (TPSA) is 48.1 Å². The molecule has 0 spiro atoms. The van der Waals surface area contributed by atoms with Crippen LogP contribution in [-0.4, -0.2) is 4.98 Å². The molecule has 20 heavy (non-hydrogen) atoms. The van der Waals surface area contributed by atoms with Crippen LogP contribution in [0.3, 0.4) is 0 Å². The number of aryl methyl sites for hydroxylation is 2. The summed E-state index contributed by atoms with van der Waals surface area (Å²) in [4.78, 5) is 4.10. The Morgan fingerprint density at radius 1 is 1.00 bits per heavy atom. The molecule has 3 rings (SSSR count). The molecule has 1 heterocycles. The van der Waals surface area contributed by atoms with Gasteiger partial charge in [0, 0.05) is 23.2 Å². The van der Waals surface area contributed by atoms with Gasteiger partial charge in [0.2, 0.25) is 0 Å². The second-order valence-corrected chi connectivity index (χ2v) is 4.95. The van der Waals surface area contributed by atoms with Crippen LogP contribution < -0.4 is 10.5 Å². The van der Waals surface area contributed by atoms with Crippen LogP contribution in [0.25, 0.3) is 10.8 Å². The molecule has 0 atom stereocenters. The summed E-state index contributed by atoms with van der Waals surface area (Å²) >= 11 is 0. The molecule has 0 aliphatic carbocycles. The third-order valence-electron chi connectivity index (χ3n) is 3.39. The highest BCUT2D eigenvalue weighted by Gasteiger charge is 2.08. The minimum Gasteiger partial charge on any atom is -0.455 e. The molecule has 0 unspecified atom stereocenters. The largest absolute Gasteiger partial charge is 0.455 e. The van der Waals surface area contributed by atoms with Crippen LogP contribution in [0.15, 0.2) is 48.8 Å². The fourth-order valence-corrected chi connectivity index (χ4v) is 2.20. The Morgan fingerprint density at radius 2 is 1.85 bits per heavy atom. The Kier molecular flexibility index (Phi) is 3.03. The molecule has 0 amide bonds. The minimum atomic E-state index is 0.644. The Bertz CT molecular complexity index is 781. The summed E-state index contributed by atoms with van der Waals surface area (Å²) in [5, 5.41) is 1.97. The fraction of sp³-hybridized carbons (Fsp3) is 0.118. The van der Waals surface area contributed by atoms with Gasteiger partial charge in [0.1, 0.15) is 5.75 Å². The predicted octanol–water partition coefficient (Wildman–Crippen LogP) is 4.23. The average molecular weight is 264 g/mol. The number of hydrogen-bond acceptors (Lipinski definition) is 3. The molecule has 1 aromatic heterocycles. The summed E-state index contributed by atoms with van der Waals surface area (Å²) in [6.45, 7) is 4.07. The van der Waals surface area contributed by atoms with E-state index in [1.165, 1.54) is 0 Å².